The number of carbonyl (C=O) groups excluding carboxylic acids is 2. The van der Waals surface area contributed by atoms with Gasteiger partial charge in [0, 0.05) is 38.1 Å². The van der Waals surface area contributed by atoms with E-state index in [-0.39, 0.29) is 11.9 Å². The van der Waals surface area contributed by atoms with E-state index in [4.69, 9.17) is 0 Å². The summed E-state index contributed by atoms with van der Waals surface area (Å²) in [5.41, 5.74) is 0.494. The molecule has 7 nitrogen and oxygen atoms in total. The van der Waals surface area contributed by atoms with Gasteiger partial charge in [-0.05, 0) is 50.9 Å². The highest BCUT2D eigenvalue weighted by Crippen LogP contribution is 2.43. The summed E-state index contributed by atoms with van der Waals surface area (Å²) in [7, 11) is 0. The Labute approximate surface area is 172 Å². The first-order valence-electron chi connectivity index (χ1n) is 11.4. The Morgan fingerprint density at radius 1 is 1.21 bits per heavy atom. The van der Waals surface area contributed by atoms with E-state index in [2.05, 4.69) is 25.1 Å². The average Bonchev–Trinajstić information content (AvgIpc) is 3.40. The van der Waals surface area contributed by atoms with Gasteiger partial charge in [0.2, 0.25) is 5.91 Å². The SMILES string of the molecule is Cc1ncc(C(=O)NC[C@H]2[C@H]3C[C@H](CN(C4CCCC4)C3)[C@@H]3CCCC(=O)N32)[nH]1. The number of hydrogen-bond acceptors (Lipinski definition) is 4. The maximum Gasteiger partial charge on any atom is 0.269 e. The van der Waals surface area contributed by atoms with Gasteiger partial charge in [0.25, 0.3) is 5.91 Å². The third-order valence-corrected chi connectivity index (χ3v) is 7.79. The van der Waals surface area contributed by atoms with Crippen molar-refractivity contribution in [3.63, 3.8) is 0 Å². The van der Waals surface area contributed by atoms with Gasteiger partial charge in [0.15, 0.2) is 0 Å². The number of aromatic amines is 1. The van der Waals surface area contributed by atoms with Crippen molar-refractivity contribution in [3.05, 3.63) is 17.7 Å². The molecule has 29 heavy (non-hydrogen) atoms. The summed E-state index contributed by atoms with van der Waals surface area (Å²) in [6, 6.07) is 1.20. The molecule has 5 rings (SSSR count). The summed E-state index contributed by atoms with van der Waals surface area (Å²) in [5.74, 6) is 1.96. The van der Waals surface area contributed by atoms with Crippen molar-refractivity contribution in [1.29, 1.82) is 0 Å². The molecule has 0 unspecified atom stereocenters. The van der Waals surface area contributed by atoms with Crippen LogP contribution in [0, 0.1) is 18.8 Å². The summed E-state index contributed by atoms with van der Waals surface area (Å²) >= 11 is 0. The second-order valence-electron chi connectivity index (χ2n) is 9.57. The fourth-order valence-corrected chi connectivity index (χ4v) is 6.47. The van der Waals surface area contributed by atoms with Crippen LogP contribution in [0.5, 0.6) is 0 Å². The van der Waals surface area contributed by atoms with Gasteiger partial charge >= 0.3 is 0 Å². The van der Waals surface area contributed by atoms with Crippen LogP contribution in [0.15, 0.2) is 6.20 Å². The van der Waals surface area contributed by atoms with Crippen molar-refractivity contribution in [1.82, 2.24) is 25.1 Å². The van der Waals surface area contributed by atoms with E-state index in [0.29, 0.717) is 42.4 Å². The second kappa shape index (κ2) is 7.74. The summed E-state index contributed by atoms with van der Waals surface area (Å²) in [4.78, 5) is 37.6. The molecule has 4 fully saturated rings. The monoisotopic (exact) mass is 399 g/mol. The number of aryl methyl sites for hydroxylation is 1. The minimum atomic E-state index is -0.128. The number of nitrogens with one attached hydrogen (secondary N) is 2. The molecule has 2 N–H and O–H groups in total. The first kappa shape index (κ1) is 19.1. The molecular formula is C22H33N5O2. The zero-order valence-electron chi connectivity index (χ0n) is 17.4. The number of nitrogens with zero attached hydrogens (tertiary/aromatic N) is 3. The third-order valence-electron chi connectivity index (χ3n) is 7.79. The highest BCUT2D eigenvalue weighted by atomic mass is 16.2. The Hall–Kier alpha value is -1.89. The number of likely N-dealkylation sites (tertiary alicyclic amines) is 1. The lowest BCUT2D eigenvalue weighted by Gasteiger charge is -2.57. The summed E-state index contributed by atoms with van der Waals surface area (Å²) in [6.07, 6.45) is 10.9. The molecule has 158 valence electrons. The molecule has 3 aliphatic heterocycles. The van der Waals surface area contributed by atoms with Crippen LogP contribution in [-0.2, 0) is 4.79 Å². The van der Waals surface area contributed by atoms with E-state index in [1.54, 1.807) is 6.20 Å². The van der Waals surface area contributed by atoms with E-state index >= 15 is 0 Å². The first-order chi connectivity index (χ1) is 14.1. The Kier molecular flexibility index (Phi) is 5.10. The molecule has 2 amide bonds. The van der Waals surface area contributed by atoms with Crippen LogP contribution in [-0.4, -0.2) is 69.3 Å². The van der Waals surface area contributed by atoms with Gasteiger partial charge in [-0.1, -0.05) is 12.8 Å². The minimum Gasteiger partial charge on any atom is -0.349 e. The fraction of sp³-hybridized carbons (Fsp3) is 0.773. The van der Waals surface area contributed by atoms with Gasteiger partial charge in [-0.25, -0.2) is 4.98 Å². The van der Waals surface area contributed by atoms with Crippen LogP contribution >= 0.6 is 0 Å². The first-order valence-corrected chi connectivity index (χ1v) is 11.4. The highest BCUT2D eigenvalue weighted by Gasteiger charge is 2.50. The lowest BCUT2D eigenvalue weighted by Crippen LogP contribution is -2.67. The zero-order chi connectivity index (χ0) is 20.0. The molecule has 7 heteroatoms. The van der Waals surface area contributed by atoms with Crippen molar-refractivity contribution in [2.75, 3.05) is 19.6 Å². The quantitative estimate of drug-likeness (QED) is 0.812. The molecular weight excluding hydrogens is 366 g/mol. The highest BCUT2D eigenvalue weighted by molar-refractivity contribution is 5.92. The largest absolute Gasteiger partial charge is 0.349 e. The molecule has 2 bridgehead atoms. The number of hydrogen-bond donors (Lipinski definition) is 2. The normalized spacial score (nSPS) is 33.0. The van der Waals surface area contributed by atoms with Crippen molar-refractivity contribution >= 4 is 11.8 Å². The van der Waals surface area contributed by atoms with Crippen molar-refractivity contribution in [2.24, 2.45) is 11.8 Å². The molecule has 4 heterocycles. The number of imidazole rings is 1. The van der Waals surface area contributed by atoms with Crippen molar-refractivity contribution < 1.29 is 9.59 Å². The van der Waals surface area contributed by atoms with E-state index in [1.807, 2.05) is 6.92 Å². The number of fused-ring (bicyclic) bond motifs is 4. The molecule has 3 saturated heterocycles. The number of amides is 2. The Morgan fingerprint density at radius 3 is 2.76 bits per heavy atom. The molecule has 1 aliphatic carbocycles. The van der Waals surface area contributed by atoms with Crippen LogP contribution in [0.4, 0.5) is 0 Å². The molecule has 4 aliphatic rings. The Balaban J connectivity index is 1.34. The Morgan fingerprint density at radius 2 is 2.00 bits per heavy atom. The van der Waals surface area contributed by atoms with E-state index in [1.165, 1.54) is 32.1 Å². The smallest absolute Gasteiger partial charge is 0.269 e. The van der Waals surface area contributed by atoms with Gasteiger partial charge in [0.05, 0.1) is 12.2 Å². The second-order valence-corrected chi connectivity index (χ2v) is 9.57. The fourth-order valence-electron chi connectivity index (χ4n) is 6.47. The van der Waals surface area contributed by atoms with E-state index in [0.717, 1.165) is 37.8 Å². The molecule has 0 radical (unpaired) electrons. The molecule has 4 atom stereocenters. The number of rotatable bonds is 4. The molecule has 1 aromatic heterocycles. The van der Waals surface area contributed by atoms with Crippen LogP contribution in [0.1, 0.15) is 67.7 Å². The third kappa shape index (κ3) is 3.58. The van der Waals surface area contributed by atoms with Crippen LogP contribution in [0.3, 0.4) is 0 Å². The van der Waals surface area contributed by atoms with Crippen LogP contribution < -0.4 is 5.32 Å². The molecule has 0 aromatic carbocycles. The summed E-state index contributed by atoms with van der Waals surface area (Å²) in [5, 5.41) is 3.10. The summed E-state index contributed by atoms with van der Waals surface area (Å²) < 4.78 is 0. The topological polar surface area (TPSA) is 81.3 Å². The zero-order valence-corrected chi connectivity index (χ0v) is 17.4. The number of carbonyl (C=O) groups is 2. The predicted octanol–water partition coefficient (Wildman–Crippen LogP) is 2.09. The maximum absolute atomic E-state index is 12.9. The van der Waals surface area contributed by atoms with Gasteiger partial charge < -0.3 is 15.2 Å². The van der Waals surface area contributed by atoms with Crippen LogP contribution in [0.2, 0.25) is 0 Å². The molecule has 1 aromatic rings. The average molecular weight is 400 g/mol. The van der Waals surface area contributed by atoms with E-state index in [9.17, 15) is 9.59 Å². The van der Waals surface area contributed by atoms with Crippen molar-refractivity contribution in [2.45, 2.75) is 76.4 Å². The minimum absolute atomic E-state index is 0.112. The van der Waals surface area contributed by atoms with Gasteiger partial charge in [-0.15, -0.1) is 0 Å². The lowest BCUT2D eigenvalue weighted by molar-refractivity contribution is -0.153. The standard InChI is InChI=1S/C22H33N5O2/c1-14-23-10-18(25-14)22(29)24-11-20-16-9-15(19-7-4-8-21(28)27(19)20)12-26(13-16)17-5-2-3-6-17/h10,15-17,19-20H,2-9,11-13H2,1H3,(H,23,25)(H,24,29)/t15-,16+,19+,20+/m1/s1. The van der Waals surface area contributed by atoms with Gasteiger partial charge in [0.1, 0.15) is 11.5 Å². The number of piperidine rings is 3. The predicted molar refractivity (Wildman–Crippen MR) is 109 cm³/mol. The van der Waals surface area contributed by atoms with Crippen LogP contribution in [0.25, 0.3) is 0 Å². The van der Waals surface area contributed by atoms with Gasteiger partial charge in [-0.2, -0.15) is 0 Å². The number of H-pyrrole nitrogens is 1. The lowest BCUT2D eigenvalue weighted by atomic mass is 9.71. The van der Waals surface area contributed by atoms with Crippen molar-refractivity contribution in [3.8, 4) is 0 Å². The Bertz CT molecular complexity index is 771. The molecule has 1 saturated carbocycles. The molecule has 0 spiro atoms. The maximum atomic E-state index is 12.9. The van der Waals surface area contributed by atoms with E-state index < -0.39 is 0 Å². The van der Waals surface area contributed by atoms with Gasteiger partial charge in [-0.3, -0.25) is 14.5 Å². The number of aromatic nitrogens is 2. The summed E-state index contributed by atoms with van der Waals surface area (Å²) in [6.45, 7) is 4.60.